The minimum Gasteiger partial charge on any atom is -0.458 e. The van der Waals surface area contributed by atoms with E-state index in [9.17, 15) is 19.3 Å². The molecule has 1 rings (SSSR count). The number of nitrogens with zero attached hydrogens (tertiary/aromatic N) is 1. The van der Waals surface area contributed by atoms with Gasteiger partial charge in [-0.1, -0.05) is 12.7 Å². The Morgan fingerprint density at radius 2 is 2.28 bits per heavy atom. The molecule has 0 aliphatic heterocycles. The van der Waals surface area contributed by atoms with E-state index in [1.165, 1.54) is 18.2 Å². The third-order valence-corrected chi connectivity index (χ3v) is 1.93. The average Bonchev–Trinajstić information content (AvgIpc) is 2.34. The Kier molecular flexibility index (Phi) is 4.74. The van der Waals surface area contributed by atoms with Crippen LogP contribution in [-0.4, -0.2) is 17.5 Å². The molecule has 0 N–H and O–H groups in total. The fraction of sp³-hybridized carbons (Fsp3) is 0.0833. The van der Waals surface area contributed by atoms with Crippen LogP contribution in [0.4, 0.5) is 10.1 Å². The second-order valence-electron chi connectivity index (χ2n) is 3.21. The number of hydrogen-bond acceptors (Lipinski definition) is 4. The second-order valence-corrected chi connectivity index (χ2v) is 3.21. The summed E-state index contributed by atoms with van der Waals surface area (Å²) in [6.07, 6.45) is 3.62. The van der Waals surface area contributed by atoms with Crippen LogP contribution in [0.25, 0.3) is 6.08 Å². The molecule has 0 aromatic heterocycles. The van der Waals surface area contributed by atoms with Gasteiger partial charge in [0.15, 0.2) is 0 Å². The van der Waals surface area contributed by atoms with Crippen LogP contribution < -0.4 is 0 Å². The molecular formula is C12H10FNO4. The van der Waals surface area contributed by atoms with E-state index < -0.39 is 22.4 Å². The molecule has 0 bridgehead atoms. The zero-order valence-electron chi connectivity index (χ0n) is 9.34. The Labute approximate surface area is 102 Å². The van der Waals surface area contributed by atoms with Gasteiger partial charge in [0, 0.05) is 6.08 Å². The summed E-state index contributed by atoms with van der Waals surface area (Å²) in [6, 6.07) is 3.07. The number of nitro groups is 1. The molecule has 0 aliphatic rings. The van der Waals surface area contributed by atoms with E-state index in [0.717, 1.165) is 18.2 Å². The number of benzene rings is 1. The third-order valence-electron chi connectivity index (χ3n) is 1.93. The van der Waals surface area contributed by atoms with Crippen LogP contribution in [-0.2, 0) is 9.53 Å². The number of carbonyl (C=O) groups is 1. The summed E-state index contributed by atoms with van der Waals surface area (Å²) >= 11 is 0. The first-order valence-electron chi connectivity index (χ1n) is 4.94. The van der Waals surface area contributed by atoms with Crippen molar-refractivity contribution < 1.29 is 18.8 Å². The van der Waals surface area contributed by atoms with Crippen molar-refractivity contribution in [3.05, 3.63) is 58.4 Å². The monoisotopic (exact) mass is 251 g/mol. The molecule has 0 unspecified atom stereocenters. The van der Waals surface area contributed by atoms with E-state index in [2.05, 4.69) is 11.3 Å². The molecule has 0 amide bonds. The Hall–Kier alpha value is -2.50. The van der Waals surface area contributed by atoms with Gasteiger partial charge in [-0.3, -0.25) is 10.1 Å². The first kappa shape index (κ1) is 13.6. The highest BCUT2D eigenvalue weighted by molar-refractivity contribution is 5.87. The van der Waals surface area contributed by atoms with Crippen LogP contribution in [0.2, 0.25) is 0 Å². The van der Waals surface area contributed by atoms with E-state index in [1.54, 1.807) is 0 Å². The molecule has 0 radical (unpaired) electrons. The molecule has 94 valence electrons. The van der Waals surface area contributed by atoms with E-state index >= 15 is 0 Å². The van der Waals surface area contributed by atoms with Gasteiger partial charge in [0.25, 0.3) is 5.69 Å². The van der Waals surface area contributed by atoms with Crippen LogP contribution in [0, 0.1) is 15.9 Å². The van der Waals surface area contributed by atoms with Gasteiger partial charge in [-0.25, -0.2) is 9.18 Å². The fourth-order valence-corrected chi connectivity index (χ4v) is 1.16. The third kappa shape index (κ3) is 3.82. The Morgan fingerprint density at radius 3 is 2.89 bits per heavy atom. The first-order valence-corrected chi connectivity index (χ1v) is 4.94. The van der Waals surface area contributed by atoms with E-state index in [4.69, 9.17) is 0 Å². The number of esters is 1. The molecule has 5 nitrogen and oxygen atoms in total. The molecular weight excluding hydrogens is 241 g/mol. The van der Waals surface area contributed by atoms with Gasteiger partial charge in [0.2, 0.25) is 0 Å². The van der Waals surface area contributed by atoms with E-state index in [0.29, 0.717) is 0 Å². The van der Waals surface area contributed by atoms with Gasteiger partial charge in [0.1, 0.15) is 12.4 Å². The van der Waals surface area contributed by atoms with Crippen molar-refractivity contribution in [3.8, 4) is 0 Å². The number of rotatable bonds is 5. The second kappa shape index (κ2) is 6.29. The molecule has 6 heteroatoms. The quantitative estimate of drug-likeness (QED) is 0.265. The summed E-state index contributed by atoms with van der Waals surface area (Å²) < 4.78 is 17.5. The van der Waals surface area contributed by atoms with Gasteiger partial charge in [-0.15, -0.1) is 0 Å². The summed E-state index contributed by atoms with van der Waals surface area (Å²) in [5.74, 6) is -1.37. The number of carbonyl (C=O) groups excluding carboxylic acids is 1. The topological polar surface area (TPSA) is 69.4 Å². The zero-order chi connectivity index (χ0) is 13.5. The van der Waals surface area contributed by atoms with Gasteiger partial charge in [-0.2, -0.15) is 0 Å². The highest BCUT2D eigenvalue weighted by atomic mass is 19.1. The summed E-state index contributed by atoms with van der Waals surface area (Å²) in [5, 5.41) is 10.7. The molecule has 0 aliphatic carbocycles. The molecule has 1 aromatic carbocycles. The molecule has 0 saturated carbocycles. The number of halogens is 1. The maximum absolute atomic E-state index is 12.8. The van der Waals surface area contributed by atoms with E-state index in [1.807, 2.05) is 0 Å². The van der Waals surface area contributed by atoms with Crippen molar-refractivity contribution in [3.63, 3.8) is 0 Å². The molecule has 0 atom stereocenters. The first-order chi connectivity index (χ1) is 8.54. The standard InChI is InChI=1S/C12H10FNO4/c1-2-7-18-12(15)6-4-9-3-5-10(13)8-11(9)14(16)17/h2-6,8H,1,7H2. The molecule has 0 saturated heterocycles. The lowest BCUT2D eigenvalue weighted by atomic mass is 10.1. The van der Waals surface area contributed by atoms with Crippen LogP contribution in [0.5, 0.6) is 0 Å². The van der Waals surface area contributed by atoms with E-state index in [-0.39, 0.29) is 12.2 Å². The fourth-order valence-electron chi connectivity index (χ4n) is 1.16. The molecule has 0 fully saturated rings. The van der Waals surface area contributed by atoms with Crippen LogP contribution >= 0.6 is 0 Å². The highest BCUT2D eigenvalue weighted by Crippen LogP contribution is 2.20. The predicted octanol–water partition coefficient (Wildman–Crippen LogP) is 2.48. The summed E-state index contributed by atoms with van der Waals surface area (Å²) in [5.41, 5.74) is -0.292. The molecule has 0 heterocycles. The zero-order valence-corrected chi connectivity index (χ0v) is 9.34. The Balaban J connectivity index is 2.90. The Bertz CT molecular complexity index is 511. The normalized spacial score (nSPS) is 10.3. The lowest BCUT2D eigenvalue weighted by Gasteiger charge is -1.98. The van der Waals surface area contributed by atoms with Crippen molar-refractivity contribution in [1.82, 2.24) is 0 Å². The lowest BCUT2D eigenvalue weighted by Crippen LogP contribution is -2.00. The van der Waals surface area contributed by atoms with Gasteiger partial charge in [0.05, 0.1) is 16.6 Å². The SMILES string of the molecule is C=CCOC(=O)C=Cc1ccc(F)cc1[N+](=O)[O-]. The van der Waals surface area contributed by atoms with Crippen molar-refractivity contribution in [2.24, 2.45) is 0 Å². The highest BCUT2D eigenvalue weighted by Gasteiger charge is 2.12. The summed E-state index contributed by atoms with van der Waals surface area (Å²) in [4.78, 5) is 21.1. The van der Waals surface area contributed by atoms with Crippen molar-refractivity contribution in [2.75, 3.05) is 6.61 Å². The summed E-state index contributed by atoms with van der Waals surface area (Å²) in [7, 11) is 0. The summed E-state index contributed by atoms with van der Waals surface area (Å²) in [6.45, 7) is 3.42. The molecule has 1 aromatic rings. The van der Waals surface area contributed by atoms with Gasteiger partial charge >= 0.3 is 5.97 Å². The predicted molar refractivity (Wildman–Crippen MR) is 63.2 cm³/mol. The van der Waals surface area contributed by atoms with Crippen molar-refractivity contribution in [1.29, 1.82) is 0 Å². The maximum Gasteiger partial charge on any atom is 0.331 e. The number of hydrogen-bond donors (Lipinski definition) is 0. The largest absolute Gasteiger partial charge is 0.458 e. The lowest BCUT2D eigenvalue weighted by molar-refractivity contribution is -0.385. The smallest absolute Gasteiger partial charge is 0.331 e. The van der Waals surface area contributed by atoms with Crippen molar-refractivity contribution >= 4 is 17.7 Å². The number of ether oxygens (including phenoxy) is 1. The van der Waals surface area contributed by atoms with Crippen molar-refractivity contribution in [2.45, 2.75) is 0 Å². The number of nitro benzene ring substituents is 1. The van der Waals surface area contributed by atoms with Gasteiger partial charge in [-0.05, 0) is 18.2 Å². The molecule has 0 spiro atoms. The molecule has 18 heavy (non-hydrogen) atoms. The van der Waals surface area contributed by atoms with Crippen LogP contribution in [0.3, 0.4) is 0 Å². The van der Waals surface area contributed by atoms with Gasteiger partial charge < -0.3 is 4.74 Å². The van der Waals surface area contributed by atoms with Crippen LogP contribution in [0.15, 0.2) is 36.9 Å². The minimum atomic E-state index is -0.724. The van der Waals surface area contributed by atoms with Crippen LogP contribution in [0.1, 0.15) is 5.56 Å². The minimum absolute atomic E-state index is 0.0503. The Morgan fingerprint density at radius 1 is 1.56 bits per heavy atom. The maximum atomic E-state index is 12.8. The average molecular weight is 251 g/mol.